The molecule has 0 bridgehead atoms. The summed E-state index contributed by atoms with van der Waals surface area (Å²) in [6, 6.07) is 6.65. The summed E-state index contributed by atoms with van der Waals surface area (Å²) in [4.78, 5) is 71.6. The van der Waals surface area contributed by atoms with Gasteiger partial charge < -0.3 is 24.5 Å². The molecule has 0 spiro atoms. The average molecular weight is 819 g/mol. The minimum absolute atomic E-state index is 0.0253. The fourth-order valence-electron chi connectivity index (χ4n) is 7.00. The van der Waals surface area contributed by atoms with Crippen molar-refractivity contribution in [3.8, 4) is 0 Å². The predicted octanol–water partition coefficient (Wildman–Crippen LogP) is 6.94. The lowest BCUT2D eigenvalue weighted by Crippen LogP contribution is -2.60. The summed E-state index contributed by atoms with van der Waals surface area (Å²) in [5, 5.41) is 0.445. The highest BCUT2D eigenvalue weighted by molar-refractivity contribution is 6.30. The number of fused-ring (bicyclic) bond motifs is 2. The number of urea groups is 1. The van der Waals surface area contributed by atoms with Crippen LogP contribution in [0.25, 0.3) is 10.9 Å². The Morgan fingerprint density at radius 3 is 2.09 bits per heavy atom. The quantitative estimate of drug-likeness (QED) is 0.163. The number of aromatic amines is 1. The van der Waals surface area contributed by atoms with Gasteiger partial charge in [0.25, 0.3) is 5.91 Å². The average Bonchev–Trinajstić information content (AvgIpc) is 3.52. The Kier molecular flexibility index (Phi) is 14.0. The van der Waals surface area contributed by atoms with Gasteiger partial charge in [0.2, 0.25) is 0 Å². The molecule has 2 heterocycles. The first-order valence-electron chi connectivity index (χ1n) is 17.8. The molecular formula is C37H45ClF6N6O6. The van der Waals surface area contributed by atoms with Crippen molar-refractivity contribution in [1.82, 2.24) is 24.9 Å². The van der Waals surface area contributed by atoms with Crippen molar-refractivity contribution in [2.45, 2.75) is 77.4 Å². The molecule has 4 rings (SSSR count). The van der Waals surface area contributed by atoms with E-state index in [1.807, 2.05) is 4.90 Å². The number of hydrogen-bond donors (Lipinski definition) is 1. The van der Waals surface area contributed by atoms with Crippen molar-refractivity contribution < 1.29 is 55.2 Å². The van der Waals surface area contributed by atoms with Gasteiger partial charge >= 0.3 is 30.3 Å². The topological polar surface area (TPSA) is 119 Å². The maximum Gasteiger partial charge on any atom is 0.493 e. The third kappa shape index (κ3) is 10.4. The van der Waals surface area contributed by atoms with E-state index in [2.05, 4.69) is 9.82 Å². The normalized spacial score (nSPS) is 16.0. The standard InChI is InChI=1S/C37H45ClF6N6O6/c1-21(2)47(22(3)4)14-15-49(55-33(52)36(39,40)41)35(54)50(56-34(53)37(42,43)44)31(23(5)28-18-45-29-11-9-8-10-27(28)29)32(51)48-20-24(19-46(6)7)16-25-17-26(38)12-13-30(25)48/h8-13,17-18,21-24,31,45H,14-16,19-20H2,1-7H3/t23?,24-,31?/m1/s1. The van der Waals surface area contributed by atoms with Crippen LogP contribution in [0.4, 0.5) is 36.8 Å². The Morgan fingerprint density at radius 1 is 0.893 bits per heavy atom. The van der Waals surface area contributed by atoms with E-state index in [0.29, 0.717) is 40.1 Å². The molecule has 0 aliphatic carbocycles. The fraction of sp³-hybridized carbons (Fsp3) is 0.514. The number of hydroxylamine groups is 4. The molecule has 2 unspecified atom stereocenters. The predicted molar refractivity (Wildman–Crippen MR) is 195 cm³/mol. The largest absolute Gasteiger partial charge is 0.493 e. The minimum atomic E-state index is -5.75. The molecule has 2 aromatic carbocycles. The number of para-hydroxylation sites is 1. The maximum absolute atomic E-state index is 15.2. The van der Waals surface area contributed by atoms with Crippen molar-refractivity contribution in [2.75, 3.05) is 45.2 Å². The number of nitrogens with zero attached hydrogens (tertiary/aromatic N) is 5. The maximum atomic E-state index is 15.2. The third-order valence-corrected chi connectivity index (χ3v) is 9.62. The van der Waals surface area contributed by atoms with Crippen molar-refractivity contribution in [3.05, 3.63) is 64.8 Å². The Bertz CT molecular complexity index is 1880. The number of alkyl halides is 6. The number of halogens is 7. The number of amides is 3. The first-order chi connectivity index (χ1) is 26.0. The monoisotopic (exact) mass is 818 g/mol. The summed E-state index contributed by atoms with van der Waals surface area (Å²) in [5.74, 6) is -8.48. The minimum Gasteiger partial charge on any atom is -0.361 e. The van der Waals surface area contributed by atoms with Crippen LogP contribution in [-0.2, 0) is 30.5 Å². The van der Waals surface area contributed by atoms with E-state index in [4.69, 9.17) is 16.4 Å². The van der Waals surface area contributed by atoms with Crippen molar-refractivity contribution in [3.63, 3.8) is 0 Å². The number of aromatic nitrogens is 1. The van der Waals surface area contributed by atoms with Gasteiger partial charge in [-0.15, -0.1) is 10.1 Å². The lowest BCUT2D eigenvalue weighted by molar-refractivity contribution is -0.249. The van der Waals surface area contributed by atoms with Crippen LogP contribution < -0.4 is 4.90 Å². The van der Waals surface area contributed by atoms with E-state index in [1.54, 1.807) is 77.0 Å². The Hall–Kier alpha value is -4.55. The van der Waals surface area contributed by atoms with E-state index in [9.17, 15) is 40.7 Å². The van der Waals surface area contributed by atoms with Crippen LogP contribution in [0, 0.1) is 5.92 Å². The molecule has 19 heteroatoms. The summed E-state index contributed by atoms with van der Waals surface area (Å²) in [7, 11) is 3.60. The van der Waals surface area contributed by atoms with Crippen molar-refractivity contribution >= 4 is 52.1 Å². The summed E-state index contributed by atoms with van der Waals surface area (Å²) in [5.41, 5.74) is 1.71. The third-order valence-electron chi connectivity index (χ3n) is 9.39. The van der Waals surface area contributed by atoms with Crippen LogP contribution in [0.2, 0.25) is 5.02 Å². The molecule has 0 radical (unpaired) electrons. The summed E-state index contributed by atoms with van der Waals surface area (Å²) >= 11 is 6.32. The van der Waals surface area contributed by atoms with Gasteiger partial charge in [-0.2, -0.15) is 26.3 Å². The van der Waals surface area contributed by atoms with Crippen LogP contribution in [0.15, 0.2) is 48.7 Å². The summed E-state index contributed by atoms with van der Waals surface area (Å²) in [6.45, 7) is 7.69. The number of hydrogen-bond acceptors (Lipinski definition) is 8. The second-order valence-electron chi connectivity index (χ2n) is 14.5. The molecule has 0 saturated heterocycles. The number of rotatable bonds is 11. The van der Waals surface area contributed by atoms with Gasteiger partial charge in [-0.05, 0) is 89.5 Å². The molecule has 3 aromatic rings. The van der Waals surface area contributed by atoms with E-state index in [1.165, 1.54) is 30.2 Å². The van der Waals surface area contributed by atoms with Gasteiger partial charge in [0.05, 0.1) is 6.54 Å². The van der Waals surface area contributed by atoms with Crippen LogP contribution in [0.3, 0.4) is 0 Å². The zero-order chi connectivity index (χ0) is 41.9. The Balaban J connectivity index is 1.96. The van der Waals surface area contributed by atoms with Gasteiger partial charge in [-0.25, -0.2) is 14.4 Å². The zero-order valence-corrected chi connectivity index (χ0v) is 32.6. The molecule has 0 saturated carbocycles. The van der Waals surface area contributed by atoms with E-state index >= 15 is 4.79 Å². The zero-order valence-electron chi connectivity index (χ0n) is 31.9. The van der Waals surface area contributed by atoms with Crippen molar-refractivity contribution in [2.24, 2.45) is 5.92 Å². The van der Waals surface area contributed by atoms with Crippen molar-refractivity contribution in [1.29, 1.82) is 0 Å². The van der Waals surface area contributed by atoms with Gasteiger partial charge in [-0.3, -0.25) is 9.69 Å². The molecular weight excluding hydrogens is 774 g/mol. The number of anilines is 1. The highest BCUT2D eigenvalue weighted by atomic mass is 35.5. The molecule has 12 nitrogen and oxygen atoms in total. The van der Waals surface area contributed by atoms with Crippen LogP contribution in [0.5, 0.6) is 0 Å². The van der Waals surface area contributed by atoms with E-state index in [0.717, 1.165) is 0 Å². The molecule has 1 aliphatic heterocycles. The lowest BCUT2D eigenvalue weighted by Gasteiger charge is -2.41. The summed E-state index contributed by atoms with van der Waals surface area (Å²) < 4.78 is 82.9. The van der Waals surface area contributed by atoms with Gasteiger partial charge in [0.1, 0.15) is 0 Å². The lowest BCUT2D eigenvalue weighted by atomic mass is 9.88. The SMILES string of the molecule is CC(c1c[nH]c2ccccc12)C(C(=O)N1C[C@@H](CN(C)C)Cc2cc(Cl)ccc21)N(OC(=O)C(F)(F)F)C(=O)N(CCN(C(C)C)C(C)C)OC(=O)C(F)(F)F. The van der Waals surface area contributed by atoms with E-state index < -0.39 is 54.7 Å². The second kappa shape index (κ2) is 17.7. The van der Waals surface area contributed by atoms with Gasteiger partial charge in [-0.1, -0.05) is 36.7 Å². The fourth-order valence-corrected chi connectivity index (χ4v) is 7.19. The number of carbonyl (C=O) groups excluding carboxylic acids is 4. The Labute approximate surface area is 325 Å². The Morgan fingerprint density at radius 2 is 1.50 bits per heavy atom. The van der Waals surface area contributed by atoms with Crippen LogP contribution >= 0.6 is 11.6 Å². The van der Waals surface area contributed by atoms with Crippen LogP contribution in [0.1, 0.15) is 51.7 Å². The number of H-pyrrole nitrogens is 1. The van der Waals surface area contributed by atoms with Gasteiger partial charge in [0.15, 0.2) is 6.04 Å². The molecule has 308 valence electrons. The molecule has 56 heavy (non-hydrogen) atoms. The highest BCUT2D eigenvalue weighted by Gasteiger charge is 2.51. The number of benzene rings is 2. The second-order valence-corrected chi connectivity index (χ2v) is 14.9. The number of nitrogens with one attached hydrogen (secondary N) is 1. The van der Waals surface area contributed by atoms with Crippen LogP contribution in [-0.4, -0.2) is 120 Å². The first kappa shape index (κ1) is 44.2. The molecule has 1 aromatic heterocycles. The summed E-state index contributed by atoms with van der Waals surface area (Å²) in [6.07, 6.45) is -9.52. The highest BCUT2D eigenvalue weighted by Crippen LogP contribution is 2.37. The molecule has 1 aliphatic rings. The first-order valence-corrected chi connectivity index (χ1v) is 18.1. The smallest absolute Gasteiger partial charge is 0.361 e. The van der Waals surface area contributed by atoms with E-state index in [-0.39, 0.29) is 46.8 Å². The number of carbonyl (C=O) groups is 4. The molecule has 1 N–H and O–H groups in total. The molecule has 3 atom stereocenters. The molecule has 0 fully saturated rings. The van der Waals surface area contributed by atoms with Gasteiger partial charge in [0, 0.05) is 65.4 Å². The molecule has 3 amide bonds.